The van der Waals surface area contributed by atoms with Gasteiger partial charge < -0.3 is 54.7 Å². The van der Waals surface area contributed by atoms with Gasteiger partial charge in [-0.2, -0.15) is 0 Å². The van der Waals surface area contributed by atoms with E-state index in [9.17, 15) is 29.4 Å². The molecule has 62 heavy (non-hydrogen) atoms. The maximum atomic E-state index is 14.1. The maximum Gasteiger partial charge on any atom is 0.407 e. The molecule has 0 radical (unpaired) electrons. The number of aromatic amines is 2. The molecule has 9 rings (SSSR count). The quantitative estimate of drug-likeness (QED) is 0.108. The second-order valence-corrected chi connectivity index (χ2v) is 17.6. The van der Waals surface area contributed by atoms with Gasteiger partial charge in [-0.05, 0) is 82.4 Å². The number of aliphatic hydroxyl groups is 2. The summed E-state index contributed by atoms with van der Waals surface area (Å²) in [6.45, 7) is 2.98. The van der Waals surface area contributed by atoms with Gasteiger partial charge in [0.05, 0.1) is 62.3 Å². The summed E-state index contributed by atoms with van der Waals surface area (Å²) in [6, 6.07) is 9.64. The molecule has 10 atom stereocenters. The standard InChI is InChI=1S/C45H55N9O8/c1-22(55)38(50-44(59)61-4)42(57)53-32-10-6-8-26(32)18-36(53)40-46-20-30(48-40)24-13-15-34-29(16-24)28-14-12-25(17-35(28)52(34)3)31-21-47-41(49-31)37-19-27-9-7-11-33(27)54(37)43(58)39(23(2)56)51-45(60)62-5/h12-17,20-23,26-27,32-33,36-39,55-56H,6-11,18-19H2,1-5H3,(H,46,48)(H,47,49)(H,50,59)(H,51,60)/t22-,23-,26+,27+,32+,33+,36+,37+,38+,39+/m1/s1. The largest absolute Gasteiger partial charge is 0.453 e. The number of amides is 4. The lowest BCUT2D eigenvalue weighted by Crippen LogP contribution is -2.55. The molecule has 2 saturated carbocycles. The molecule has 4 amide bonds. The molecule has 3 aromatic heterocycles. The van der Waals surface area contributed by atoms with Gasteiger partial charge in [0.15, 0.2) is 0 Å². The van der Waals surface area contributed by atoms with Gasteiger partial charge in [0, 0.05) is 52.1 Å². The summed E-state index contributed by atoms with van der Waals surface area (Å²) >= 11 is 0. The average Bonchev–Trinajstić information content (AvgIpc) is 4.12. The summed E-state index contributed by atoms with van der Waals surface area (Å²) in [7, 11) is 4.50. The molecule has 4 aliphatic rings. The molecule has 2 aliphatic heterocycles. The van der Waals surface area contributed by atoms with Gasteiger partial charge >= 0.3 is 12.2 Å². The lowest BCUT2D eigenvalue weighted by molar-refractivity contribution is -0.140. The average molecular weight is 850 g/mol. The van der Waals surface area contributed by atoms with E-state index in [0.29, 0.717) is 23.5 Å². The van der Waals surface area contributed by atoms with E-state index in [4.69, 9.17) is 19.4 Å². The zero-order valence-corrected chi connectivity index (χ0v) is 35.6. The van der Waals surface area contributed by atoms with Crippen LogP contribution in [0.1, 0.15) is 88.9 Å². The molecular formula is C45H55N9O8. The number of aliphatic hydroxyl groups excluding tert-OH is 2. The summed E-state index contributed by atoms with van der Waals surface area (Å²) in [5.41, 5.74) is 5.58. The minimum absolute atomic E-state index is 0.00109. The van der Waals surface area contributed by atoms with Crippen LogP contribution in [0.3, 0.4) is 0 Å². The Labute approximate surface area is 358 Å². The number of methoxy groups -OCH3 is 2. The molecule has 17 nitrogen and oxygen atoms in total. The number of imidazole rings is 2. The number of aromatic nitrogens is 5. The highest BCUT2D eigenvalue weighted by Crippen LogP contribution is 2.49. The zero-order chi connectivity index (χ0) is 43.6. The van der Waals surface area contributed by atoms with Crippen LogP contribution in [-0.4, -0.2) is 119 Å². The van der Waals surface area contributed by atoms with Gasteiger partial charge in [0.1, 0.15) is 23.7 Å². The van der Waals surface area contributed by atoms with Crippen LogP contribution < -0.4 is 10.6 Å². The van der Waals surface area contributed by atoms with E-state index in [-0.39, 0.29) is 36.0 Å². The van der Waals surface area contributed by atoms with E-state index in [1.807, 2.05) is 16.8 Å². The Morgan fingerprint density at radius 1 is 0.694 bits per heavy atom. The first-order chi connectivity index (χ1) is 29.9. The third-order valence-electron chi connectivity index (χ3n) is 14.1. The van der Waals surface area contributed by atoms with Crippen molar-refractivity contribution in [1.29, 1.82) is 0 Å². The third kappa shape index (κ3) is 7.13. The van der Waals surface area contributed by atoms with Crippen molar-refractivity contribution < 1.29 is 38.9 Å². The smallest absolute Gasteiger partial charge is 0.407 e. The number of likely N-dealkylation sites (tertiary alicyclic amines) is 2. The van der Waals surface area contributed by atoms with E-state index >= 15 is 0 Å². The Kier molecular flexibility index (Phi) is 11.0. The number of H-pyrrole nitrogens is 2. The molecule has 0 spiro atoms. The van der Waals surface area contributed by atoms with E-state index in [0.717, 1.165) is 95.7 Å². The number of benzene rings is 2. The van der Waals surface area contributed by atoms with Gasteiger partial charge in [-0.3, -0.25) is 9.59 Å². The van der Waals surface area contributed by atoms with Crippen LogP contribution in [0, 0.1) is 11.8 Å². The van der Waals surface area contributed by atoms with Crippen molar-refractivity contribution >= 4 is 45.8 Å². The monoisotopic (exact) mass is 849 g/mol. The molecule has 0 unspecified atom stereocenters. The van der Waals surface area contributed by atoms with Crippen molar-refractivity contribution in [3.63, 3.8) is 0 Å². The molecule has 5 aromatic rings. The van der Waals surface area contributed by atoms with Crippen molar-refractivity contribution in [1.82, 2.24) is 44.9 Å². The zero-order valence-electron chi connectivity index (χ0n) is 35.6. The second kappa shape index (κ2) is 16.4. The normalized spacial score (nSPS) is 25.1. The lowest BCUT2D eigenvalue weighted by atomic mass is 10.0. The Bertz CT molecular complexity index is 2530. The van der Waals surface area contributed by atoms with Crippen molar-refractivity contribution in [2.45, 2.75) is 114 Å². The van der Waals surface area contributed by atoms with E-state index in [1.165, 1.54) is 28.1 Å². The number of nitrogens with one attached hydrogen (secondary N) is 4. The number of nitrogens with zero attached hydrogens (tertiary/aromatic N) is 5. The fourth-order valence-corrected chi connectivity index (χ4v) is 11.0. The second-order valence-electron chi connectivity index (χ2n) is 17.6. The first kappa shape index (κ1) is 41.4. The topological polar surface area (TPSA) is 220 Å². The predicted molar refractivity (Wildman–Crippen MR) is 228 cm³/mol. The SMILES string of the molecule is COC(=O)N[C@H](C(=O)N1[C@H](c2ncc(-c3ccc4c(c3)c3ccc(-c5cnc([C@@H]6C[C@@H]7CCC[C@@H]7N6C(=O)[C@@H](NC(=O)OC)[C@@H](C)O)[nH]5)cc3n4C)[nH]2)C[C@@H]2CCC[C@@H]21)[C@@H](C)O. The van der Waals surface area contributed by atoms with Crippen LogP contribution >= 0.6 is 0 Å². The summed E-state index contributed by atoms with van der Waals surface area (Å²) in [5.74, 6) is 1.25. The summed E-state index contributed by atoms with van der Waals surface area (Å²) in [4.78, 5) is 72.7. The number of hydrogen-bond donors (Lipinski definition) is 6. The van der Waals surface area contributed by atoms with Crippen molar-refractivity contribution in [3.05, 3.63) is 60.4 Å². The van der Waals surface area contributed by atoms with Crippen molar-refractivity contribution in [2.75, 3.05) is 14.2 Å². The number of ether oxygens (including phenoxy) is 2. The first-order valence-corrected chi connectivity index (χ1v) is 21.7. The third-order valence-corrected chi connectivity index (χ3v) is 14.1. The van der Waals surface area contributed by atoms with E-state index < -0.39 is 36.5 Å². The van der Waals surface area contributed by atoms with Crippen LogP contribution in [0.2, 0.25) is 0 Å². The highest BCUT2D eigenvalue weighted by atomic mass is 16.5. The molecule has 328 valence electrons. The summed E-state index contributed by atoms with van der Waals surface area (Å²) < 4.78 is 11.7. The Morgan fingerprint density at radius 2 is 1.18 bits per heavy atom. The van der Waals surface area contributed by atoms with Gasteiger partial charge in [0.2, 0.25) is 11.8 Å². The van der Waals surface area contributed by atoms with Gasteiger partial charge in [-0.15, -0.1) is 0 Å². The molecule has 6 N–H and O–H groups in total. The fourth-order valence-electron chi connectivity index (χ4n) is 11.0. The Balaban J connectivity index is 0.979. The molecule has 17 heteroatoms. The van der Waals surface area contributed by atoms with Crippen molar-refractivity contribution in [2.24, 2.45) is 18.9 Å². The van der Waals surface area contributed by atoms with Crippen LogP contribution in [0.25, 0.3) is 44.3 Å². The Morgan fingerprint density at radius 3 is 1.66 bits per heavy atom. The Hall–Kier alpha value is -5.94. The summed E-state index contributed by atoms with van der Waals surface area (Å²) in [5, 5.41) is 28.3. The molecular weight excluding hydrogens is 795 g/mol. The lowest BCUT2D eigenvalue weighted by Gasteiger charge is -2.33. The molecule has 2 aliphatic carbocycles. The number of carbonyl (C=O) groups is 4. The van der Waals surface area contributed by atoms with Crippen LogP contribution in [0.5, 0.6) is 0 Å². The van der Waals surface area contributed by atoms with E-state index in [2.05, 4.69) is 61.6 Å². The number of aryl methyl sites for hydroxylation is 1. The maximum absolute atomic E-state index is 14.1. The van der Waals surface area contributed by atoms with E-state index in [1.54, 1.807) is 12.4 Å². The summed E-state index contributed by atoms with van der Waals surface area (Å²) in [6.07, 6.45) is 7.06. The number of fused-ring (bicyclic) bond motifs is 5. The van der Waals surface area contributed by atoms with Crippen molar-refractivity contribution in [3.8, 4) is 22.5 Å². The fraction of sp³-hybridized carbons (Fsp3) is 0.511. The molecule has 2 aromatic carbocycles. The molecule has 2 saturated heterocycles. The van der Waals surface area contributed by atoms with Crippen LogP contribution in [0.4, 0.5) is 9.59 Å². The molecule has 0 bridgehead atoms. The minimum atomic E-state index is -1.15. The highest BCUT2D eigenvalue weighted by molar-refractivity contribution is 6.10. The van der Waals surface area contributed by atoms with Gasteiger partial charge in [-0.25, -0.2) is 19.6 Å². The minimum Gasteiger partial charge on any atom is -0.453 e. The number of carbonyl (C=O) groups excluding carboxylic acids is 4. The first-order valence-electron chi connectivity index (χ1n) is 21.7. The number of rotatable bonds is 10. The predicted octanol–water partition coefficient (Wildman–Crippen LogP) is 5.21. The molecule has 5 heterocycles. The van der Waals surface area contributed by atoms with Gasteiger partial charge in [0.25, 0.3) is 0 Å². The van der Waals surface area contributed by atoms with Gasteiger partial charge in [-0.1, -0.05) is 31.0 Å². The highest BCUT2D eigenvalue weighted by Gasteiger charge is 2.51. The molecule has 4 fully saturated rings. The number of alkyl carbamates (subject to hydrolysis) is 2. The number of hydrogen-bond acceptors (Lipinski definition) is 10. The van der Waals surface area contributed by atoms with Crippen LogP contribution in [-0.2, 0) is 26.1 Å². The van der Waals surface area contributed by atoms with Crippen LogP contribution in [0.15, 0.2) is 48.8 Å².